The third-order valence-corrected chi connectivity index (χ3v) is 11.8. The smallest absolute Gasteiger partial charge is 0.328 e. The van der Waals surface area contributed by atoms with E-state index in [0.29, 0.717) is 30.6 Å². The number of nitrogens with one attached hydrogen (secondary N) is 2. The van der Waals surface area contributed by atoms with Gasteiger partial charge in [0.05, 0.1) is 0 Å². The molecule has 0 spiro atoms. The lowest BCUT2D eigenvalue weighted by Crippen LogP contribution is -2.53. The molecule has 13 nitrogen and oxygen atoms in total. The highest BCUT2D eigenvalue weighted by Gasteiger charge is 2.30. The van der Waals surface area contributed by atoms with Gasteiger partial charge in [-0.15, -0.1) is 0 Å². The first-order valence-corrected chi connectivity index (χ1v) is 19.7. The number of likely N-dealkylation sites (tertiary alicyclic amines) is 1. The SMILES string of the molecule is CN(C)C(=O)c1cc2cnc(Nc3ccc(CCN4CCC(N5CCN(c6cccc(N7CCC(=O)NC7=O)c6)CC5)CC4)cc3)nc2n1C1CCCC1. The van der Waals surface area contributed by atoms with Crippen molar-refractivity contribution in [3.8, 4) is 0 Å². The number of carbonyl (C=O) groups is 3. The molecule has 4 amide bonds. The molecule has 2 N–H and O–H groups in total. The van der Waals surface area contributed by atoms with Crippen molar-refractivity contribution in [2.75, 3.05) is 81.6 Å². The fourth-order valence-corrected chi connectivity index (χ4v) is 8.69. The molecule has 2 aromatic carbocycles. The summed E-state index contributed by atoms with van der Waals surface area (Å²) in [5.41, 5.74) is 5.73. The minimum atomic E-state index is -0.341. The number of urea groups is 1. The lowest BCUT2D eigenvalue weighted by molar-refractivity contribution is -0.120. The number of nitrogens with zero attached hydrogens (tertiary/aromatic N) is 8. The lowest BCUT2D eigenvalue weighted by atomic mass is 10.0. The van der Waals surface area contributed by atoms with Gasteiger partial charge in [-0.1, -0.05) is 31.0 Å². The summed E-state index contributed by atoms with van der Waals surface area (Å²) < 4.78 is 2.15. The van der Waals surface area contributed by atoms with Crippen molar-refractivity contribution in [1.82, 2.24) is 34.6 Å². The van der Waals surface area contributed by atoms with Crippen molar-refractivity contribution in [3.05, 3.63) is 72.1 Å². The molecule has 3 aliphatic heterocycles. The predicted octanol–water partition coefficient (Wildman–Crippen LogP) is 5.27. The zero-order chi connectivity index (χ0) is 37.2. The number of amides is 4. The van der Waals surface area contributed by atoms with Gasteiger partial charge in [0.1, 0.15) is 11.3 Å². The van der Waals surface area contributed by atoms with Gasteiger partial charge in [0.15, 0.2) is 0 Å². The van der Waals surface area contributed by atoms with Crippen LogP contribution in [0.5, 0.6) is 0 Å². The zero-order valence-corrected chi connectivity index (χ0v) is 31.5. The minimum absolute atomic E-state index is 0.00321. The Kier molecular flexibility index (Phi) is 10.5. The number of piperidine rings is 1. The quantitative estimate of drug-likeness (QED) is 0.225. The first-order valence-electron chi connectivity index (χ1n) is 19.7. The molecule has 4 fully saturated rings. The molecule has 0 radical (unpaired) electrons. The first-order chi connectivity index (χ1) is 26.3. The van der Waals surface area contributed by atoms with Crippen molar-refractivity contribution < 1.29 is 14.4 Å². The summed E-state index contributed by atoms with van der Waals surface area (Å²) in [5, 5.41) is 6.72. The second-order valence-corrected chi connectivity index (χ2v) is 15.5. The molecule has 0 atom stereocenters. The summed E-state index contributed by atoms with van der Waals surface area (Å²) in [6.45, 7) is 7.72. The maximum Gasteiger partial charge on any atom is 0.328 e. The summed E-state index contributed by atoms with van der Waals surface area (Å²) in [7, 11) is 3.59. The zero-order valence-electron chi connectivity index (χ0n) is 31.5. The maximum absolute atomic E-state index is 13.1. The third kappa shape index (κ3) is 7.78. The number of imide groups is 1. The van der Waals surface area contributed by atoms with E-state index in [1.165, 1.54) is 31.2 Å². The standard InChI is InChI=1S/C41H52N10O3/c1-46(2)39(53)36-26-30-28-42-40(45-38(30)51(36)33-6-3-4-7-33)43-31-12-10-29(11-13-31)14-18-47-19-15-32(16-20-47)48-22-24-49(25-23-48)34-8-5-9-35(27-34)50-21-17-37(52)44-41(50)54/h5,8-13,26-28,32-33H,3-4,6-7,14-25H2,1-2H3,(H,42,43,45)(H,44,52,54). The molecule has 5 heterocycles. The van der Waals surface area contributed by atoms with E-state index in [1.807, 2.05) is 24.4 Å². The normalized spacial score (nSPS) is 19.4. The average Bonchev–Trinajstić information content (AvgIpc) is 3.86. The number of hydrogen-bond acceptors (Lipinski definition) is 9. The molecule has 2 aromatic heterocycles. The number of rotatable bonds is 10. The van der Waals surface area contributed by atoms with Crippen LogP contribution >= 0.6 is 0 Å². The van der Waals surface area contributed by atoms with Gasteiger partial charge >= 0.3 is 6.03 Å². The Morgan fingerprint density at radius 1 is 0.870 bits per heavy atom. The Hall–Kier alpha value is -5.01. The van der Waals surface area contributed by atoms with E-state index in [-0.39, 0.29) is 23.9 Å². The molecule has 8 rings (SSSR count). The van der Waals surface area contributed by atoms with Crippen LogP contribution in [0.15, 0.2) is 60.8 Å². The molecule has 1 aliphatic carbocycles. The molecule has 4 aliphatic rings. The Bertz CT molecular complexity index is 1970. The Labute approximate surface area is 317 Å². The van der Waals surface area contributed by atoms with Crippen molar-refractivity contribution in [2.24, 2.45) is 0 Å². The minimum Gasteiger partial charge on any atom is -0.369 e. The highest BCUT2D eigenvalue weighted by Crippen LogP contribution is 2.35. The molecule has 0 unspecified atom stereocenters. The van der Waals surface area contributed by atoms with Gasteiger partial charge in [-0.2, -0.15) is 4.98 Å². The number of benzene rings is 2. The van der Waals surface area contributed by atoms with Crippen molar-refractivity contribution in [2.45, 2.75) is 63.5 Å². The Morgan fingerprint density at radius 2 is 1.61 bits per heavy atom. The molecule has 3 saturated heterocycles. The number of hydrogen-bond donors (Lipinski definition) is 2. The summed E-state index contributed by atoms with van der Waals surface area (Å²) in [4.78, 5) is 57.5. The summed E-state index contributed by atoms with van der Waals surface area (Å²) in [6.07, 6.45) is 10.0. The molecular formula is C41H52N10O3. The summed E-state index contributed by atoms with van der Waals surface area (Å²) in [6, 6.07) is 19.2. The Morgan fingerprint density at radius 3 is 2.33 bits per heavy atom. The highest BCUT2D eigenvalue weighted by atomic mass is 16.2. The Balaban J connectivity index is 0.800. The van der Waals surface area contributed by atoms with Crippen LogP contribution in [0, 0.1) is 0 Å². The molecule has 54 heavy (non-hydrogen) atoms. The van der Waals surface area contributed by atoms with Crippen LogP contribution in [0.25, 0.3) is 11.0 Å². The highest BCUT2D eigenvalue weighted by molar-refractivity contribution is 6.05. The van der Waals surface area contributed by atoms with Crippen LogP contribution in [-0.2, 0) is 11.2 Å². The van der Waals surface area contributed by atoms with Gasteiger partial charge in [0.2, 0.25) is 11.9 Å². The van der Waals surface area contributed by atoms with Crippen molar-refractivity contribution >= 4 is 51.9 Å². The maximum atomic E-state index is 13.1. The monoisotopic (exact) mass is 732 g/mol. The number of piperazine rings is 1. The summed E-state index contributed by atoms with van der Waals surface area (Å²) in [5.74, 6) is 0.325. The number of anilines is 4. The predicted molar refractivity (Wildman–Crippen MR) is 212 cm³/mol. The largest absolute Gasteiger partial charge is 0.369 e. The van der Waals surface area contributed by atoms with E-state index in [1.54, 1.807) is 23.9 Å². The molecule has 1 saturated carbocycles. The van der Waals surface area contributed by atoms with E-state index in [0.717, 1.165) is 93.2 Å². The van der Waals surface area contributed by atoms with Gasteiger partial charge in [-0.05, 0) is 87.2 Å². The number of carbonyl (C=O) groups excluding carboxylic acids is 3. The molecular weight excluding hydrogens is 681 g/mol. The summed E-state index contributed by atoms with van der Waals surface area (Å²) >= 11 is 0. The van der Waals surface area contributed by atoms with E-state index in [9.17, 15) is 14.4 Å². The van der Waals surface area contributed by atoms with E-state index >= 15 is 0 Å². The van der Waals surface area contributed by atoms with Crippen molar-refractivity contribution in [3.63, 3.8) is 0 Å². The number of fused-ring (bicyclic) bond motifs is 1. The molecule has 284 valence electrons. The van der Waals surface area contributed by atoms with Crippen LogP contribution in [0.4, 0.5) is 27.8 Å². The topological polar surface area (TPSA) is 122 Å². The number of aromatic nitrogens is 3. The van der Waals surface area contributed by atoms with Gasteiger partial charge in [0.25, 0.3) is 5.91 Å². The third-order valence-electron chi connectivity index (χ3n) is 11.8. The van der Waals surface area contributed by atoms with Crippen molar-refractivity contribution in [1.29, 1.82) is 0 Å². The van der Waals surface area contributed by atoms with Crippen LogP contribution < -0.4 is 20.4 Å². The van der Waals surface area contributed by atoms with Gasteiger partial charge in [-0.3, -0.25) is 24.7 Å². The molecule has 4 aromatic rings. The van der Waals surface area contributed by atoms with Gasteiger partial charge in [-0.25, -0.2) is 9.78 Å². The second-order valence-electron chi connectivity index (χ2n) is 15.5. The lowest BCUT2D eigenvalue weighted by Gasteiger charge is -2.43. The van der Waals surface area contributed by atoms with E-state index < -0.39 is 0 Å². The van der Waals surface area contributed by atoms with Crippen LogP contribution in [0.2, 0.25) is 0 Å². The van der Waals surface area contributed by atoms with E-state index in [4.69, 9.17) is 4.98 Å². The fraction of sp³-hybridized carbons (Fsp3) is 0.488. The van der Waals surface area contributed by atoms with E-state index in [2.05, 4.69) is 71.3 Å². The first kappa shape index (κ1) is 36.0. The molecule has 13 heteroatoms. The van der Waals surface area contributed by atoms with Gasteiger partial charge < -0.3 is 24.6 Å². The van der Waals surface area contributed by atoms with Crippen LogP contribution in [-0.4, -0.2) is 120 Å². The van der Waals surface area contributed by atoms with Crippen LogP contribution in [0.3, 0.4) is 0 Å². The van der Waals surface area contributed by atoms with Gasteiger partial charge in [0, 0.05) is 101 Å². The average molecular weight is 733 g/mol. The second kappa shape index (κ2) is 15.8. The fourth-order valence-electron chi connectivity index (χ4n) is 8.69. The molecule has 0 bridgehead atoms. The van der Waals surface area contributed by atoms with Crippen LogP contribution in [0.1, 0.15) is 67.0 Å².